The van der Waals surface area contributed by atoms with E-state index >= 15 is 0 Å². The molecule has 1 rings (SSSR count). The van der Waals surface area contributed by atoms with Gasteiger partial charge in [0, 0.05) is 36.0 Å². The standard InChI is InChI=1S/C23H36N2/c1-10-16(3)21-18(5)22(17(4)13-12-14-23(6,7)8)19(24-9)15-20(21)25-11-2/h10-11,13,24-25H,2,5,12,14-15H2,1,3-4,6-9H3/b16-10-,17-13-. The molecule has 0 aromatic heterocycles. The molecule has 0 heterocycles. The van der Waals surface area contributed by atoms with Crippen molar-refractivity contribution in [2.75, 3.05) is 7.05 Å². The normalized spacial score (nSPS) is 17.2. The highest BCUT2D eigenvalue weighted by Gasteiger charge is 2.25. The van der Waals surface area contributed by atoms with Gasteiger partial charge in [-0.05, 0) is 61.9 Å². The molecule has 0 radical (unpaired) electrons. The zero-order valence-electron chi connectivity index (χ0n) is 17.3. The van der Waals surface area contributed by atoms with Crippen molar-refractivity contribution in [1.29, 1.82) is 0 Å². The average molecular weight is 341 g/mol. The van der Waals surface area contributed by atoms with E-state index in [2.05, 4.69) is 77.5 Å². The Morgan fingerprint density at radius 3 is 2.20 bits per heavy atom. The summed E-state index contributed by atoms with van der Waals surface area (Å²) in [6, 6.07) is 0. The molecular weight excluding hydrogens is 304 g/mol. The van der Waals surface area contributed by atoms with E-state index in [-0.39, 0.29) is 0 Å². The Bertz CT molecular complexity index is 646. The van der Waals surface area contributed by atoms with Crippen LogP contribution in [-0.2, 0) is 0 Å². The molecule has 1 aliphatic carbocycles. The summed E-state index contributed by atoms with van der Waals surface area (Å²) in [7, 11) is 1.99. The van der Waals surface area contributed by atoms with Gasteiger partial charge in [-0.25, -0.2) is 0 Å². The van der Waals surface area contributed by atoms with Crippen LogP contribution in [0.25, 0.3) is 0 Å². The van der Waals surface area contributed by atoms with Gasteiger partial charge in [0.1, 0.15) is 0 Å². The fourth-order valence-corrected chi connectivity index (χ4v) is 3.22. The van der Waals surface area contributed by atoms with Gasteiger partial charge >= 0.3 is 0 Å². The highest BCUT2D eigenvalue weighted by molar-refractivity contribution is 5.65. The Hall–Kier alpha value is -1.96. The predicted octanol–water partition coefficient (Wildman–Crippen LogP) is 6.15. The van der Waals surface area contributed by atoms with Crippen LogP contribution in [0, 0.1) is 5.41 Å². The van der Waals surface area contributed by atoms with Crippen molar-refractivity contribution in [1.82, 2.24) is 10.6 Å². The van der Waals surface area contributed by atoms with Gasteiger partial charge in [0.05, 0.1) is 0 Å². The second kappa shape index (κ2) is 8.94. The number of nitrogens with one attached hydrogen (secondary N) is 2. The van der Waals surface area contributed by atoms with Crippen LogP contribution in [0.5, 0.6) is 0 Å². The van der Waals surface area contributed by atoms with Crippen LogP contribution in [0.2, 0.25) is 0 Å². The second-order valence-corrected chi connectivity index (χ2v) is 7.92. The minimum Gasteiger partial charge on any atom is -0.391 e. The number of hydrogen-bond acceptors (Lipinski definition) is 2. The van der Waals surface area contributed by atoms with Crippen LogP contribution >= 0.6 is 0 Å². The second-order valence-electron chi connectivity index (χ2n) is 7.92. The molecule has 0 amide bonds. The highest BCUT2D eigenvalue weighted by Crippen LogP contribution is 2.39. The molecule has 0 saturated carbocycles. The summed E-state index contributed by atoms with van der Waals surface area (Å²) in [5.74, 6) is 0. The lowest BCUT2D eigenvalue weighted by molar-refractivity contribution is 0.381. The third-order valence-corrected chi connectivity index (χ3v) is 4.71. The van der Waals surface area contributed by atoms with Gasteiger partial charge < -0.3 is 10.6 Å². The van der Waals surface area contributed by atoms with E-state index in [1.54, 1.807) is 6.20 Å². The van der Waals surface area contributed by atoms with Crippen molar-refractivity contribution in [2.24, 2.45) is 5.41 Å². The third kappa shape index (κ3) is 5.52. The van der Waals surface area contributed by atoms with Crippen LogP contribution < -0.4 is 10.6 Å². The van der Waals surface area contributed by atoms with Gasteiger partial charge in [-0.2, -0.15) is 0 Å². The Morgan fingerprint density at radius 2 is 1.72 bits per heavy atom. The van der Waals surface area contributed by atoms with Gasteiger partial charge in [0.2, 0.25) is 0 Å². The summed E-state index contributed by atoms with van der Waals surface area (Å²) in [5.41, 5.74) is 8.82. The van der Waals surface area contributed by atoms with E-state index in [1.165, 1.54) is 34.4 Å². The third-order valence-electron chi connectivity index (χ3n) is 4.71. The Morgan fingerprint density at radius 1 is 1.12 bits per heavy atom. The molecule has 0 spiro atoms. The van der Waals surface area contributed by atoms with E-state index in [9.17, 15) is 0 Å². The molecule has 2 nitrogen and oxygen atoms in total. The summed E-state index contributed by atoms with van der Waals surface area (Å²) in [4.78, 5) is 0. The first-order valence-corrected chi connectivity index (χ1v) is 9.17. The summed E-state index contributed by atoms with van der Waals surface area (Å²) in [6.45, 7) is 21.6. The van der Waals surface area contributed by atoms with Crippen molar-refractivity contribution < 1.29 is 0 Å². The molecule has 2 heteroatoms. The number of allylic oxidation sites excluding steroid dienone is 7. The molecular formula is C23H36N2. The summed E-state index contributed by atoms with van der Waals surface area (Å²) >= 11 is 0. The molecule has 0 aromatic carbocycles. The average Bonchev–Trinajstić information content (AvgIpc) is 2.52. The van der Waals surface area contributed by atoms with Crippen molar-refractivity contribution in [3.05, 3.63) is 70.8 Å². The molecule has 138 valence electrons. The minimum absolute atomic E-state index is 0.355. The topological polar surface area (TPSA) is 24.1 Å². The smallest absolute Gasteiger partial charge is 0.0288 e. The molecule has 0 aliphatic heterocycles. The molecule has 0 bridgehead atoms. The van der Waals surface area contributed by atoms with Crippen LogP contribution in [-0.4, -0.2) is 7.05 Å². The molecule has 0 unspecified atom stereocenters. The van der Waals surface area contributed by atoms with E-state index in [0.29, 0.717) is 5.41 Å². The van der Waals surface area contributed by atoms with E-state index in [4.69, 9.17) is 0 Å². The Balaban J connectivity index is 3.27. The van der Waals surface area contributed by atoms with E-state index in [1.807, 2.05) is 7.05 Å². The fourth-order valence-electron chi connectivity index (χ4n) is 3.22. The van der Waals surface area contributed by atoms with Crippen LogP contribution in [0.3, 0.4) is 0 Å². The quantitative estimate of drug-likeness (QED) is 0.581. The van der Waals surface area contributed by atoms with Gasteiger partial charge in [-0.1, -0.05) is 46.1 Å². The maximum atomic E-state index is 4.44. The van der Waals surface area contributed by atoms with Crippen LogP contribution in [0.1, 0.15) is 60.8 Å². The zero-order chi connectivity index (χ0) is 19.2. The van der Waals surface area contributed by atoms with Crippen LogP contribution in [0.4, 0.5) is 0 Å². The minimum atomic E-state index is 0.355. The molecule has 1 aliphatic rings. The molecule has 2 N–H and O–H groups in total. The van der Waals surface area contributed by atoms with Crippen LogP contribution in [0.15, 0.2) is 70.8 Å². The summed E-state index contributed by atoms with van der Waals surface area (Å²) in [5, 5.41) is 6.70. The Kier molecular flexibility index (Phi) is 7.54. The molecule has 0 atom stereocenters. The first kappa shape index (κ1) is 21.1. The first-order valence-electron chi connectivity index (χ1n) is 9.17. The lowest BCUT2D eigenvalue weighted by atomic mass is 9.81. The van der Waals surface area contributed by atoms with Gasteiger partial charge in [0.25, 0.3) is 0 Å². The largest absolute Gasteiger partial charge is 0.391 e. The molecule has 0 saturated heterocycles. The highest BCUT2D eigenvalue weighted by atomic mass is 14.9. The van der Waals surface area contributed by atoms with E-state index in [0.717, 1.165) is 24.1 Å². The predicted molar refractivity (Wildman–Crippen MR) is 112 cm³/mol. The first-order chi connectivity index (χ1) is 11.7. The van der Waals surface area contributed by atoms with Gasteiger partial charge in [-0.15, -0.1) is 0 Å². The van der Waals surface area contributed by atoms with Gasteiger partial charge in [-0.3, -0.25) is 0 Å². The fraction of sp³-hybridized carbons (Fsp3) is 0.478. The molecule has 25 heavy (non-hydrogen) atoms. The number of rotatable bonds is 7. The summed E-state index contributed by atoms with van der Waals surface area (Å²) in [6.07, 6.45) is 9.35. The number of hydrogen-bond donors (Lipinski definition) is 2. The van der Waals surface area contributed by atoms with Crippen molar-refractivity contribution in [3.8, 4) is 0 Å². The maximum Gasteiger partial charge on any atom is 0.0288 e. The monoisotopic (exact) mass is 340 g/mol. The van der Waals surface area contributed by atoms with Crippen molar-refractivity contribution in [3.63, 3.8) is 0 Å². The van der Waals surface area contributed by atoms with Gasteiger partial charge in [0.15, 0.2) is 0 Å². The summed E-state index contributed by atoms with van der Waals surface area (Å²) < 4.78 is 0. The van der Waals surface area contributed by atoms with Crippen molar-refractivity contribution in [2.45, 2.75) is 60.8 Å². The lowest BCUT2D eigenvalue weighted by Crippen LogP contribution is -2.23. The SMILES string of the molecule is C=CNC1=C(/C(C)=C\C)C(=C)C(/C(C)=C\CCC(C)(C)C)=C(NC)C1. The maximum absolute atomic E-state index is 4.44. The van der Waals surface area contributed by atoms with Crippen molar-refractivity contribution >= 4 is 0 Å². The lowest BCUT2D eigenvalue weighted by Gasteiger charge is -2.29. The Labute approximate surface area is 155 Å². The molecule has 0 aromatic rings. The van der Waals surface area contributed by atoms with E-state index < -0.39 is 0 Å². The zero-order valence-corrected chi connectivity index (χ0v) is 17.3. The molecule has 0 fully saturated rings.